The van der Waals surface area contributed by atoms with Crippen molar-refractivity contribution in [3.05, 3.63) is 0 Å². The highest BCUT2D eigenvalue weighted by Gasteiger charge is 2.58. The number of rotatable bonds is 4. The molecular formula is C8H10F5NO3. The maximum Gasteiger partial charge on any atom is 0.453 e. The lowest BCUT2D eigenvalue weighted by molar-refractivity contribution is -0.282. The first-order valence-electron chi connectivity index (χ1n) is 4.28. The maximum atomic E-state index is 12.4. The van der Waals surface area contributed by atoms with Crippen LogP contribution in [0.2, 0.25) is 0 Å². The van der Waals surface area contributed by atoms with Crippen molar-refractivity contribution in [3.63, 3.8) is 0 Å². The molecule has 9 heteroatoms. The molecule has 0 aliphatic rings. The zero-order chi connectivity index (χ0) is 14.1. The Labute approximate surface area is 92.8 Å². The molecule has 0 spiro atoms. The molecule has 0 unspecified atom stereocenters. The summed E-state index contributed by atoms with van der Waals surface area (Å²) in [7, 11) is 0. The van der Waals surface area contributed by atoms with E-state index >= 15 is 0 Å². The molecule has 0 aliphatic heterocycles. The van der Waals surface area contributed by atoms with E-state index in [0.29, 0.717) is 0 Å². The fraction of sp³-hybridized carbons (Fsp3) is 0.750. The van der Waals surface area contributed by atoms with E-state index in [1.807, 2.05) is 0 Å². The summed E-state index contributed by atoms with van der Waals surface area (Å²) in [6, 6.07) is 0. The zero-order valence-electron chi connectivity index (χ0n) is 8.86. The minimum absolute atomic E-state index is 0.957. The molecule has 0 saturated carbocycles. The van der Waals surface area contributed by atoms with Crippen molar-refractivity contribution in [1.82, 2.24) is 5.32 Å². The van der Waals surface area contributed by atoms with Gasteiger partial charge in [0.25, 0.3) is 0 Å². The van der Waals surface area contributed by atoms with E-state index in [0.717, 1.165) is 13.8 Å². The third kappa shape index (κ3) is 4.16. The van der Waals surface area contributed by atoms with Crippen LogP contribution in [-0.4, -0.2) is 34.6 Å². The number of nitrogens with one attached hydrogen (secondary N) is 1. The molecule has 4 nitrogen and oxygen atoms in total. The maximum absolute atomic E-state index is 12.4. The molecule has 0 heterocycles. The lowest BCUT2D eigenvalue weighted by Gasteiger charge is -2.24. The van der Waals surface area contributed by atoms with Crippen LogP contribution in [0.5, 0.6) is 0 Å². The van der Waals surface area contributed by atoms with Gasteiger partial charge in [0, 0.05) is 0 Å². The van der Waals surface area contributed by atoms with Gasteiger partial charge in [-0.05, 0) is 13.8 Å². The number of hydrogen-bond donors (Lipinski definition) is 2. The molecule has 0 fully saturated rings. The van der Waals surface area contributed by atoms with Gasteiger partial charge in [0.2, 0.25) is 5.91 Å². The van der Waals surface area contributed by atoms with E-state index in [9.17, 15) is 31.5 Å². The Hall–Kier alpha value is -1.41. The number of carboxylic acids is 1. The van der Waals surface area contributed by atoms with Crippen molar-refractivity contribution in [2.24, 2.45) is 0 Å². The summed E-state index contributed by atoms with van der Waals surface area (Å²) in [5, 5.41) is 10.1. The Morgan fingerprint density at radius 3 is 1.82 bits per heavy atom. The van der Waals surface area contributed by atoms with E-state index in [-0.39, 0.29) is 0 Å². The molecule has 0 aliphatic carbocycles. The van der Waals surface area contributed by atoms with Crippen molar-refractivity contribution in [3.8, 4) is 0 Å². The fourth-order valence-electron chi connectivity index (χ4n) is 0.748. The second-order valence-corrected chi connectivity index (χ2v) is 3.86. The molecule has 0 aromatic rings. The third-order valence-corrected chi connectivity index (χ3v) is 1.78. The Bertz CT molecular complexity index is 324. The van der Waals surface area contributed by atoms with E-state index in [4.69, 9.17) is 5.11 Å². The summed E-state index contributed by atoms with van der Waals surface area (Å²) in [5.41, 5.74) is -1.92. The number of amides is 1. The number of halogens is 5. The standard InChI is InChI=1S/C8H10F5NO3/c1-6(2,5(16)17)14-4(15)3-7(9,10)8(11,12)13/h3H2,1-2H3,(H,14,15)(H,16,17). The van der Waals surface area contributed by atoms with Gasteiger partial charge in [-0.3, -0.25) is 4.79 Å². The topological polar surface area (TPSA) is 66.4 Å². The molecule has 0 radical (unpaired) electrons. The van der Waals surface area contributed by atoms with E-state index in [2.05, 4.69) is 0 Å². The third-order valence-electron chi connectivity index (χ3n) is 1.78. The fourth-order valence-corrected chi connectivity index (χ4v) is 0.748. The molecule has 0 aromatic heterocycles. The highest BCUT2D eigenvalue weighted by atomic mass is 19.4. The average Bonchev–Trinajstić information content (AvgIpc) is 1.98. The van der Waals surface area contributed by atoms with Crippen molar-refractivity contribution >= 4 is 11.9 Å². The van der Waals surface area contributed by atoms with Gasteiger partial charge in [0.15, 0.2) is 0 Å². The molecule has 17 heavy (non-hydrogen) atoms. The monoisotopic (exact) mass is 263 g/mol. The molecule has 0 aromatic carbocycles. The molecular weight excluding hydrogens is 253 g/mol. The van der Waals surface area contributed by atoms with Crippen LogP contribution < -0.4 is 5.32 Å². The van der Waals surface area contributed by atoms with Crippen molar-refractivity contribution in [1.29, 1.82) is 0 Å². The van der Waals surface area contributed by atoms with Gasteiger partial charge in [-0.2, -0.15) is 22.0 Å². The van der Waals surface area contributed by atoms with Gasteiger partial charge in [-0.25, -0.2) is 4.79 Å². The molecule has 0 atom stereocenters. The van der Waals surface area contributed by atoms with Gasteiger partial charge >= 0.3 is 18.1 Å². The minimum atomic E-state index is -5.85. The first kappa shape index (κ1) is 15.6. The second kappa shape index (κ2) is 4.46. The van der Waals surface area contributed by atoms with Crippen LogP contribution in [0.4, 0.5) is 22.0 Å². The quantitative estimate of drug-likeness (QED) is 0.756. The SMILES string of the molecule is CC(C)(NC(=O)CC(F)(F)C(F)(F)F)C(=O)O. The summed E-state index contributed by atoms with van der Waals surface area (Å²) in [4.78, 5) is 21.4. The second-order valence-electron chi connectivity index (χ2n) is 3.86. The van der Waals surface area contributed by atoms with E-state index in [1.54, 1.807) is 5.32 Å². The van der Waals surface area contributed by atoms with Crippen molar-refractivity contribution in [2.75, 3.05) is 0 Å². The van der Waals surface area contributed by atoms with Gasteiger partial charge in [-0.15, -0.1) is 0 Å². The predicted molar refractivity (Wildman–Crippen MR) is 45.5 cm³/mol. The largest absolute Gasteiger partial charge is 0.480 e. The Balaban J connectivity index is 4.64. The first-order chi connectivity index (χ1) is 7.29. The van der Waals surface area contributed by atoms with Crippen LogP contribution in [0.3, 0.4) is 0 Å². The van der Waals surface area contributed by atoms with Crippen LogP contribution in [0.1, 0.15) is 20.3 Å². The summed E-state index contributed by atoms with van der Waals surface area (Å²) < 4.78 is 60.1. The molecule has 100 valence electrons. The van der Waals surface area contributed by atoms with Gasteiger partial charge < -0.3 is 10.4 Å². The Kier molecular flexibility index (Phi) is 4.09. The lowest BCUT2D eigenvalue weighted by Crippen LogP contribution is -2.52. The Morgan fingerprint density at radius 2 is 1.53 bits per heavy atom. The van der Waals surface area contributed by atoms with Gasteiger partial charge in [0.05, 0.1) is 6.42 Å². The smallest absolute Gasteiger partial charge is 0.453 e. The van der Waals surface area contributed by atoms with Gasteiger partial charge in [0.1, 0.15) is 5.54 Å². The van der Waals surface area contributed by atoms with Crippen LogP contribution >= 0.6 is 0 Å². The van der Waals surface area contributed by atoms with Crippen LogP contribution in [-0.2, 0) is 9.59 Å². The molecule has 1 amide bonds. The number of hydrogen-bond acceptors (Lipinski definition) is 2. The number of carbonyl (C=O) groups excluding carboxylic acids is 1. The average molecular weight is 263 g/mol. The lowest BCUT2D eigenvalue weighted by atomic mass is 10.1. The summed E-state index contributed by atoms with van der Waals surface area (Å²) in [6.07, 6.45) is -8.00. The highest BCUT2D eigenvalue weighted by Crippen LogP contribution is 2.37. The van der Waals surface area contributed by atoms with E-state index < -0.39 is 35.9 Å². The number of carbonyl (C=O) groups is 2. The zero-order valence-corrected chi connectivity index (χ0v) is 8.86. The van der Waals surface area contributed by atoms with Crippen LogP contribution in [0.15, 0.2) is 0 Å². The van der Waals surface area contributed by atoms with Gasteiger partial charge in [-0.1, -0.05) is 0 Å². The minimum Gasteiger partial charge on any atom is -0.480 e. The summed E-state index contributed by atoms with van der Waals surface area (Å²) >= 11 is 0. The molecule has 0 rings (SSSR count). The molecule has 2 N–H and O–H groups in total. The Morgan fingerprint density at radius 1 is 1.12 bits per heavy atom. The molecule has 0 saturated heterocycles. The first-order valence-corrected chi connectivity index (χ1v) is 4.28. The number of alkyl halides is 5. The number of aliphatic carboxylic acids is 1. The van der Waals surface area contributed by atoms with Crippen LogP contribution in [0, 0.1) is 0 Å². The predicted octanol–water partition coefficient (Wildman–Crippen LogP) is 1.55. The summed E-state index contributed by atoms with van der Waals surface area (Å²) in [6.45, 7) is 1.91. The van der Waals surface area contributed by atoms with E-state index in [1.165, 1.54) is 0 Å². The highest BCUT2D eigenvalue weighted by molar-refractivity contribution is 5.86. The number of carboxylic acid groups (broad SMARTS) is 1. The van der Waals surface area contributed by atoms with Crippen LogP contribution in [0.25, 0.3) is 0 Å². The van der Waals surface area contributed by atoms with Crippen molar-refractivity contribution in [2.45, 2.75) is 37.9 Å². The molecule has 0 bridgehead atoms. The summed E-state index contributed by atoms with van der Waals surface area (Å²) in [5.74, 6) is -8.44. The normalized spacial score (nSPS) is 13.4. The van der Waals surface area contributed by atoms with Crippen molar-refractivity contribution < 1.29 is 36.6 Å².